The fourth-order valence-corrected chi connectivity index (χ4v) is 3.86. The molecule has 3 rings (SSSR count). The minimum absolute atomic E-state index is 0.144. The van der Waals surface area contributed by atoms with Crippen molar-refractivity contribution in [1.82, 2.24) is 9.55 Å². The first-order valence-corrected chi connectivity index (χ1v) is 9.52. The Balaban J connectivity index is 1.80. The Bertz CT molecular complexity index is 1050. The van der Waals surface area contributed by atoms with E-state index < -0.39 is 0 Å². The van der Waals surface area contributed by atoms with Crippen LogP contribution in [0.3, 0.4) is 0 Å². The summed E-state index contributed by atoms with van der Waals surface area (Å²) < 4.78 is 6.90. The van der Waals surface area contributed by atoms with Gasteiger partial charge in [0.15, 0.2) is 4.77 Å². The molecule has 2 aromatic heterocycles. The average molecular weight is 390 g/mol. The summed E-state index contributed by atoms with van der Waals surface area (Å²) in [5.74, 6) is 0.417. The number of hydrogen-bond donors (Lipinski definition) is 2. The van der Waals surface area contributed by atoms with E-state index in [4.69, 9.17) is 17.0 Å². The van der Waals surface area contributed by atoms with Gasteiger partial charge in [-0.05, 0) is 55.9 Å². The first-order valence-electron chi connectivity index (χ1n) is 8.30. The van der Waals surface area contributed by atoms with Crippen LogP contribution >= 0.6 is 23.6 Å². The van der Waals surface area contributed by atoms with Gasteiger partial charge < -0.3 is 15.0 Å². The standard InChI is InChI=1S/C18H19N3O3S2/c1-3-13-9-14-16(26-13)20-18(25)21(17(14)23)10-15(22)19-11-5-7-12(8-6-11)24-4-2/h5-9H,3-4,10H2,1-2H3,(H,19,22)(H,20,25). The Morgan fingerprint density at radius 1 is 1.31 bits per heavy atom. The molecule has 2 N–H and O–H groups in total. The van der Waals surface area contributed by atoms with Gasteiger partial charge in [0, 0.05) is 10.6 Å². The van der Waals surface area contributed by atoms with Gasteiger partial charge >= 0.3 is 0 Å². The lowest BCUT2D eigenvalue weighted by molar-refractivity contribution is -0.116. The van der Waals surface area contributed by atoms with E-state index in [2.05, 4.69) is 10.3 Å². The van der Waals surface area contributed by atoms with E-state index in [1.54, 1.807) is 24.3 Å². The van der Waals surface area contributed by atoms with Crippen molar-refractivity contribution in [3.63, 3.8) is 0 Å². The lowest BCUT2D eigenvalue weighted by Crippen LogP contribution is -2.28. The first-order chi connectivity index (χ1) is 12.5. The van der Waals surface area contributed by atoms with E-state index in [9.17, 15) is 9.59 Å². The molecule has 0 unspecified atom stereocenters. The van der Waals surface area contributed by atoms with Crippen LogP contribution in [0, 0.1) is 4.77 Å². The predicted molar refractivity (Wildman–Crippen MR) is 107 cm³/mol. The first kappa shape index (κ1) is 18.3. The third-order valence-electron chi connectivity index (χ3n) is 3.82. The molecule has 3 aromatic rings. The summed E-state index contributed by atoms with van der Waals surface area (Å²) in [6.07, 6.45) is 0.845. The number of amides is 1. The van der Waals surface area contributed by atoms with Crippen LogP contribution < -0.4 is 15.6 Å². The number of H-pyrrole nitrogens is 1. The molecule has 0 fully saturated rings. The molecule has 0 spiro atoms. The van der Waals surface area contributed by atoms with E-state index in [-0.39, 0.29) is 22.8 Å². The van der Waals surface area contributed by atoms with Crippen molar-refractivity contribution in [3.05, 3.63) is 50.3 Å². The van der Waals surface area contributed by atoms with Crippen LogP contribution in [0.2, 0.25) is 0 Å². The van der Waals surface area contributed by atoms with Gasteiger partial charge in [-0.2, -0.15) is 0 Å². The molecule has 1 aromatic carbocycles. The van der Waals surface area contributed by atoms with Gasteiger partial charge in [0.05, 0.1) is 12.0 Å². The van der Waals surface area contributed by atoms with Gasteiger partial charge in [-0.3, -0.25) is 14.2 Å². The van der Waals surface area contributed by atoms with E-state index in [1.165, 1.54) is 15.9 Å². The maximum Gasteiger partial charge on any atom is 0.263 e. The molecule has 0 aliphatic rings. The van der Waals surface area contributed by atoms with Crippen LogP contribution in [0.1, 0.15) is 18.7 Å². The second kappa shape index (κ2) is 7.84. The van der Waals surface area contributed by atoms with Gasteiger partial charge in [0.1, 0.15) is 17.1 Å². The summed E-state index contributed by atoms with van der Waals surface area (Å²) in [6.45, 7) is 4.37. The second-order valence-electron chi connectivity index (χ2n) is 5.64. The molecular weight excluding hydrogens is 370 g/mol. The average Bonchev–Trinajstić information content (AvgIpc) is 3.04. The number of thiophene rings is 1. The summed E-state index contributed by atoms with van der Waals surface area (Å²) in [6, 6.07) is 8.92. The smallest absolute Gasteiger partial charge is 0.263 e. The summed E-state index contributed by atoms with van der Waals surface area (Å²) in [7, 11) is 0. The van der Waals surface area contributed by atoms with E-state index >= 15 is 0 Å². The number of ether oxygens (including phenoxy) is 1. The minimum atomic E-state index is -0.318. The second-order valence-corrected chi connectivity index (χ2v) is 7.16. The lowest BCUT2D eigenvalue weighted by atomic mass is 10.3. The maximum absolute atomic E-state index is 12.7. The lowest BCUT2D eigenvalue weighted by Gasteiger charge is -2.09. The van der Waals surface area contributed by atoms with Crippen molar-refractivity contribution in [3.8, 4) is 5.75 Å². The monoisotopic (exact) mass is 389 g/mol. The fraction of sp³-hybridized carbons (Fsp3) is 0.278. The molecule has 0 aliphatic heterocycles. The third kappa shape index (κ3) is 3.86. The molecule has 1 amide bonds. The molecule has 6 nitrogen and oxygen atoms in total. The number of nitrogens with one attached hydrogen (secondary N) is 2. The largest absolute Gasteiger partial charge is 0.494 e. The Morgan fingerprint density at radius 3 is 2.69 bits per heavy atom. The van der Waals surface area contributed by atoms with Crippen molar-refractivity contribution in [2.45, 2.75) is 26.8 Å². The molecule has 8 heteroatoms. The highest BCUT2D eigenvalue weighted by Crippen LogP contribution is 2.21. The van der Waals surface area contributed by atoms with Crippen LogP contribution in [0.4, 0.5) is 5.69 Å². The zero-order valence-electron chi connectivity index (χ0n) is 14.5. The summed E-state index contributed by atoms with van der Waals surface area (Å²) in [4.78, 5) is 29.9. The van der Waals surface area contributed by atoms with Crippen molar-refractivity contribution < 1.29 is 9.53 Å². The number of aromatic nitrogens is 2. The number of hydrogen-bond acceptors (Lipinski definition) is 5. The van der Waals surface area contributed by atoms with Crippen molar-refractivity contribution in [2.75, 3.05) is 11.9 Å². The molecule has 2 heterocycles. The van der Waals surface area contributed by atoms with Crippen molar-refractivity contribution in [1.29, 1.82) is 0 Å². The molecule has 26 heavy (non-hydrogen) atoms. The summed E-state index contributed by atoms with van der Waals surface area (Å²) >= 11 is 6.77. The molecule has 0 saturated carbocycles. The third-order valence-corrected chi connectivity index (χ3v) is 5.34. The number of nitrogens with zero attached hydrogens (tertiary/aromatic N) is 1. The fourth-order valence-electron chi connectivity index (χ4n) is 2.56. The SMILES string of the molecule is CCOc1ccc(NC(=O)Cn2c(=S)[nH]c3sc(CC)cc3c2=O)cc1. The van der Waals surface area contributed by atoms with Gasteiger partial charge in [-0.1, -0.05) is 6.92 Å². The molecule has 0 aliphatic carbocycles. The van der Waals surface area contributed by atoms with Crippen LogP contribution in [0.25, 0.3) is 10.2 Å². The molecule has 0 bridgehead atoms. The number of carbonyl (C=O) groups is 1. The number of aromatic amines is 1. The maximum atomic E-state index is 12.7. The topological polar surface area (TPSA) is 76.1 Å². The zero-order valence-corrected chi connectivity index (χ0v) is 16.1. The van der Waals surface area contributed by atoms with Crippen LogP contribution in [0.15, 0.2) is 35.1 Å². The van der Waals surface area contributed by atoms with E-state index in [0.29, 0.717) is 17.7 Å². The summed E-state index contributed by atoms with van der Waals surface area (Å²) in [5.41, 5.74) is 0.382. The van der Waals surface area contributed by atoms with E-state index in [0.717, 1.165) is 21.9 Å². The minimum Gasteiger partial charge on any atom is -0.494 e. The Labute approximate surface area is 159 Å². The van der Waals surface area contributed by atoms with Crippen LogP contribution in [-0.4, -0.2) is 22.1 Å². The Hall–Kier alpha value is -2.45. The number of aryl methyl sites for hydroxylation is 1. The van der Waals surface area contributed by atoms with Gasteiger partial charge in [-0.25, -0.2) is 0 Å². The molecule has 136 valence electrons. The summed E-state index contributed by atoms with van der Waals surface area (Å²) in [5, 5.41) is 3.33. The Morgan fingerprint density at radius 2 is 2.04 bits per heavy atom. The zero-order chi connectivity index (χ0) is 18.7. The van der Waals surface area contributed by atoms with Crippen LogP contribution in [0.5, 0.6) is 5.75 Å². The van der Waals surface area contributed by atoms with Gasteiger partial charge in [0.25, 0.3) is 5.56 Å². The molecule has 0 atom stereocenters. The molecule has 0 radical (unpaired) electrons. The van der Waals surface area contributed by atoms with Crippen molar-refractivity contribution >= 4 is 45.4 Å². The predicted octanol–water partition coefficient (Wildman–Crippen LogP) is 3.72. The number of anilines is 1. The molecular formula is C18H19N3O3S2. The highest BCUT2D eigenvalue weighted by Gasteiger charge is 2.12. The highest BCUT2D eigenvalue weighted by atomic mass is 32.1. The number of benzene rings is 1. The quantitative estimate of drug-likeness (QED) is 0.630. The van der Waals surface area contributed by atoms with Crippen molar-refractivity contribution in [2.24, 2.45) is 0 Å². The molecule has 0 saturated heterocycles. The Kier molecular flexibility index (Phi) is 5.53. The highest BCUT2D eigenvalue weighted by molar-refractivity contribution is 7.71. The normalized spacial score (nSPS) is 10.8. The van der Waals surface area contributed by atoms with Gasteiger partial charge in [-0.15, -0.1) is 11.3 Å². The van der Waals surface area contributed by atoms with Gasteiger partial charge in [0.2, 0.25) is 5.91 Å². The number of fused-ring (bicyclic) bond motifs is 1. The van der Waals surface area contributed by atoms with E-state index in [1.807, 2.05) is 19.9 Å². The van der Waals surface area contributed by atoms with Crippen LogP contribution in [-0.2, 0) is 17.8 Å². The number of rotatable bonds is 6. The number of carbonyl (C=O) groups excluding carboxylic acids is 1.